The maximum atomic E-state index is 12.0. The quantitative estimate of drug-likeness (QED) is 0.449. The van der Waals surface area contributed by atoms with Crippen molar-refractivity contribution in [2.75, 3.05) is 25.6 Å². The van der Waals surface area contributed by atoms with E-state index in [0.29, 0.717) is 31.6 Å². The maximum Gasteiger partial charge on any atom is 0.315 e. The monoisotopic (exact) mass is 404 g/mol. The van der Waals surface area contributed by atoms with Gasteiger partial charge in [0.05, 0.1) is 0 Å². The molecule has 160 valence electrons. The minimum absolute atomic E-state index is 0.00627. The van der Waals surface area contributed by atoms with E-state index in [2.05, 4.69) is 21.3 Å². The molecule has 29 heavy (non-hydrogen) atoms. The van der Waals surface area contributed by atoms with Crippen LogP contribution in [-0.4, -0.2) is 44.1 Å². The highest BCUT2D eigenvalue weighted by atomic mass is 16.5. The molecule has 1 aromatic carbocycles. The molecule has 0 spiro atoms. The Morgan fingerprint density at radius 1 is 1.07 bits per heavy atom. The normalized spacial score (nSPS) is 14.1. The van der Waals surface area contributed by atoms with E-state index < -0.39 is 0 Å². The molecule has 8 nitrogen and oxygen atoms in total. The number of benzene rings is 1. The summed E-state index contributed by atoms with van der Waals surface area (Å²) in [5, 5.41) is 11.4. The predicted molar refractivity (Wildman–Crippen MR) is 111 cm³/mol. The van der Waals surface area contributed by atoms with Gasteiger partial charge in [-0.15, -0.1) is 0 Å². The number of ether oxygens (including phenoxy) is 1. The van der Waals surface area contributed by atoms with Gasteiger partial charge in [0, 0.05) is 38.3 Å². The SMILES string of the molecule is COCC(=O)Nc1cccc(CNC(=O)CCCNC(=O)NC2CCCCC2)c1. The number of hydrogen-bond acceptors (Lipinski definition) is 4. The van der Waals surface area contributed by atoms with E-state index >= 15 is 0 Å². The molecule has 1 saturated carbocycles. The second kappa shape index (κ2) is 12.8. The molecule has 8 heteroatoms. The van der Waals surface area contributed by atoms with Gasteiger partial charge in [0.15, 0.2) is 0 Å². The largest absolute Gasteiger partial charge is 0.375 e. The van der Waals surface area contributed by atoms with Gasteiger partial charge in [0.25, 0.3) is 0 Å². The molecule has 1 aromatic rings. The summed E-state index contributed by atoms with van der Waals surface area (Å²) >= 11 is 0. The zero-order valence-corrected chi connectivity index (χ0v) is 17.1. The first-order valence-corrected chi connectivity index (χ1v) is 10.3. The van der Waals surface area contributed by atoms with Crippen molar-refractivity contribution in [2.45, 2.75) is 57.5 Å². The van der Waals surface area contributed by atoms with E-state index in [1.807, 2.05) is 18.2 Å². The van der Waals surface area contributed by atoms with Crippen molar-refractivity contribution in [1.29, 1.82) is 0 Å². The van der Waals surface area contributed by atoms with E-state index in [0.717, 1.165) is 18.4 Å². The minimum atomic E-state index is -0.228. The van der Waals surface area contributed by atoms with Gasteiger partial charge in [0.2, 0.25) is 11.8 Å². The molecule has 0 saturated heterocycles. The lowest BCUT2D eigenvalue weighted by molar-refractivity contribution is -0.121. The summed E-state index contributed by atoms with van der Waals surface area (Å²) in [6.07, 6.45) is 6.62. The summed E-state index contributed by atoms with van der Waals surface area (Å²) in [4.78, 5) is 35.4. The lowest BCUT2D eigenvalue weighted by Gasteiger charge is -2.22. The number of urea groups is 1. The first kappa shape index (κ1) is 22.7. The third kappa shape index (κ3) is 9.43. The number of hydrogen-bond donors (Lipinski definition) is 4. The summed E-state index contributed by atoms with van der Waals surface area (Å²) in [6, 6.07) is 7.42. The van der Waals surface area contributed by atoms with E-state index in [1.165, 1.54) is 26.4 Å². The maximum absolute atomic E-state index is 12.0. The third-order valence-corrected chi connectivity index (χ3v) is 4.78. The molecule has 0 bridgehead atoms. The zero-order chi connectivity index (χ0) is 20.9. The first-order valence-electron chi connectivity index (χ1n) is 10.3. The number of methoxy groups -OCH3 is 1. The Hall–Kier alpha value is -2.61. The van der Waals surface area contributed by atoms with Gasteiger partial charge in [-0.3, -0.25) is 9.59 Å². The summed E-state index contributed by atoms with van der Waals surface area (Å²) in [6.45, 7) is 0.836. The molecule has 0 aromatic heterocycles. The Kier molecular flexibility index (Phi) is 9.99. The molecule has 0 aliphatic heterocycles. The van der Waals surface area contributed by atoms with Crippen molar-refractivity contribution in [3.05, 3.63) is 29.8 Å². The van der Waals surface area contributed by atoms with Gasteiger partial charge in [-0.2, -0.15) is 0 Å². The van der Waals surface area contributed by atoms with Crippen LogP contribution in [0, 0.1) is 0 Å². The predicted octanol–water partition coefficient (Wildman–Crippen LogP) is 2.30. The highest BCUT2D eigenvalue weighted by molar-refractivity contribution is 5.91. The van der Waals surface area contributed by atoms with Crippen molar-refractivity contribution in [2.24, 2.45) is 0 Å². The Balaban J connectivity index is 1.59. The van der Waals surface area contributed by atoms with Crippen LogP contribution in [0.25, 0.3) is 0 Å². The van der Waals surface area contributed by atoms with Crippen LogP contribution >= 0.6 is 0 Å². The van der Waals surface area contributed by atoms with Gasteiger partial charge in [0.1, 0.15) is 6.61 Å². The van der Waals surface area contributed by atoms with Crippen molar-refractivity contribution < 1.29 is 19.1 Å². The number of anilines is 1. The van der Waals surface area contributed by atoms with Gasteiger partial charge in [-0.25, -0.2) is 4.79 Å². The van der Waals surface area contributed by atoms with Crippen LogP contribution in [0.15, 0.2) is 24.3 Å². The van der Waals surface area contributed by atoms with Gasteiger partial charge >= 0.3 is 6.03 Å². The Labute approximate surface area is 172 Å². The van der Waals surface area contributed by atoms with Crippen LogP contribution in [0.5, 0.6) is 0 Å². The number of nitrogens with one attached hydrogen (secondary N) is 4. The van der Waals surface area contributed by atoms with Crippen molar-refractivity contribution >= 4 is 23.5 Å². The molecule has 0 atom stereocenters. The Morgan fingerprint density at radius 3 is 2.62 bits per heavy atom. The second-order valence-electron chi connectivity index (χ2n) is 7.30. The van der Waals surface area contributed by atoms with E-state index in [-0.39, 0.29) is 30.5 Å². The van der Waals surface area contributed by atoms with Crippen molar-refractivity contribution in [1.82, 2.24) is 16.0 Å². The highest BCUT2D eigenvalue weighted by Gasteiger charge is 2.15. The fourth-order valence-corrected chi connectivity index (χ4v) is 3.31. The molecule has 4 amide bonds. The fraction of sp³-hybridized carbons (Fsp3) is 0.571. The molecule has 0 heterocycles. The minimum Gasteiger partial charge on any atom is -0.375 e. The van der Waals surface area contributed by atoms with Crippen molar-refractivity contribution in [3.63, 3.8) is 0 Å². The number of rotatable bonds is 10. The molecular formula is C21H32N4O4. The first-order chi connectivity index (χ1) is 14.1. The van der Waals surface area contributed by atoms with E-state index in [4.69, 9.17) is 4.74 Å². The van der Waals surface area contributed by atoms with Crippen LogP contribution in [0.1, 0.15) is 50.5 Å². The van der Waals surface area contributed by atoms with Crippen molar-refractivity contribution in [3.8, 4) is 0 Å². The van der Waals surface area contributed by atoms with E-state index in [9.17, 15) is 14.4 Å². The Morgan fingerprint density at radius 2 is 1.86 bits per heavy atom. The summed E-state index contributed by atoms with van der Waals surface area (Å²) < 4.78 is 4.79. The molecule has 0 radical (unpaired) electrons. The number of carbonyl (C=O) groups excluding carboxylic acids is 3. The summed E-state index contributed by atoms with van der Waals surface area (Å²) in [5.74, 6) is -0.304. The Bertz CT molecular complexity index is 674. The highest BCUT2D eigenvalue weighted by Crippen LogP contribution is 2.17. The van der Waals surface area contributed by atoms with Crippen LogP contribution in [0.3, 0.4) is 0 Å². The zero-order valence-electron chi connectivity index (χ0n) is 17.1. The number of amides is 4. The third-order valence-electron chi connectivity index (χ3n) is 4.78. The van der Waals surface area contributed by atoms with Gasteiger partial charge in [-0.05, 0) is 37.0 Å². The van der Waals surface area contributed by atoms with E-state index in [1.54, 1.807) is 6.07 Å². The average Bonchev–Trinajstić information content (AvgIpc) is 2.71. The molecular weight excluding hydrogens is 372 g/mol. The fourth-order valence-electron chi connectivity index (χ4n) is 3.31. The molecule has 4 N–H and O–H groups in total. The second-order valence-corrected chi connectivity index (χ2v) is 7.30. The molecule has 1 aliphatic carbocycles. The molecule has 2 rings (SSSR count). The molecule has 0 unspecified atom stereocenters. The van der Waals surface area contributed by atoms with Gasteiger partial charge < -0.3 is 26.0 Å². The van der Waals surface area contributed by atoms with Gasteiger partial charge in [-0.1, -0.05) is 31.4 Å². The lowest BCUT2D eigenvalue weighted by atomic mass is 9.96. The molecule has 1 aliphatic rings. The van der Waals surface area contributed by atoms with Crippen LogP contribution in [0.4, 0.5) is 10.5 Å². The smallest absolute Gasteiger partial charge is 0.315 e. The van der Waals surface area contributed by atoms with Crippen LogP contribution < -0.4 is 21.3 Å². The topological polar surface area (TPSA) is 109 Å². The van der Waals surface area contributed by atoms with Crippen LogP contribution in [0.2, 0.25) is 0 Å². The summed E-state index contributed by atoms with van der Waals surface area (Å²) in [7, 11) is 1.46. The lowest BCUT2D eigenvalue weighted by Crippen LogP contribution is -2.43. The number of carbonyl (C=O) groups is 3. The molecule has 1 fully saturated rings. The van der Waals surface area contributed by atoms with Crippen LogP contribution in [-0.2, 0) is 20.9 Å². The standard InChI is InChI=1S/C21H32N4O4/c1-29-15-20(27)24-18-10-5-7-16(13-18)14-23-19(26)11-6-12-22-21(28)25-17-8-3-2-4-9-17/h5,7,10,13,17H,2-4,6,8-9,11-12,14-15H2,1H3,(H,23,26)(H,24,27)(H2,22,25,28). The average molecular weight is 405 g/mol. The summed E-state index contributed by atoms with van der Waals surface area (Å²) in [5.41, 5.74) is 1.55.